The summed E-state index contributed by atoms with van der Waals surface area (Å²) in [4.78, 5) is 20.7. The van der Waals surface area contributed by atoms with Crippen LogP contribution in [-0.4, -0.2) is 19.9 Å². The van der Waals surface area contributed by atoms with E-state index < -0.39 is 0 Å². The zero-order valence-corrected chi connectivity index (χ0v) is 34.0. The molecule has 294 valence electrons. The van der Waals surface area contributed by atoms with Crippen LogP contribution in [0, 0.1) is 0 Å². The van der Waals surface area contributed by atoms with Crippen LogP contribution in [0.1, 0.15) is 0 Å². The first-order valence-corrected chi connectivity index (χ1v) is 21.1. The molecule has 0 amide bonds. The third-order valence-electron chi connectivity index (χ3n) is 12.0. The van der Waals surface area contributed by atoms with E-state index in [2.05, 4.69) is 194 Å². The Morgan fingerprint density at radius 2 is 0.730 bits per heavy atom. The molecule has 0 unspecified atom stereocenters. The number of para-hydroxylation sites is 1. The highest BCUT2D eigenvalue weighted by Gasteiger charge is 2.22. The Balaban J connectivity index is 0.976. The maximum Gasteiger partial charge on any atom is 0.164 e. The Morgan fingerprint density at radius 3 is 1.33 bits per heavy atom. The first-order valence-electron chi connectivity index (χ1n) is 21.1. The first kappa shape index (κ1) is 36.3. The van der Waals surface area contributed by atoms with E-state index in [-0.39, 0.29) is 0 Å². The van der Waals surface area contributed by atoms with Crippen molar-refractivity contribution in [3.63, 3.8) is 0 Å². The van der Waals surface area contributed by atoms with E-state index in [1.165, 1.54) is 5.39 Å². The number of furan rings is 1. The van der Waals surface area contributed by atoms with Crippen molar-refractivity contribution >= 4 is 43.6 Å². The average Bonchev–Trinajstić information content (AvgIpc) is 3.76. The van der Waals surface area contributed by atoms with Gasteiger partial charge in [0.25, 0.3) is 0 Å². The monoisotopic (exact) mass is 804 g/mol. The van der Waals surface area contributed by atoms with E-state index in [4.69, 9.17) is 24.4 Å². The van der Waals surface area contributed by atoms with E-state index in [1.54, 1.807) is 0 Å². The minimum Gasteiger partial charge on any atom is -0.455 e. The van der Waals surface area contributed by atoms with Crippen LogP contribution in [-0.2, 0) is 0 Å². The van der Waals surface area contributed by atoms with Crippen LogP contribution in [0.25, 0.3) is 122 Å². The number of rotatable bonds is 7. The second-order valence-electron chi connectivity index (χ2n) is 15.8. The minimum atomic E-state index is 0.597. The van der Waals surface area contributed by atoms with Crippen molar-refractivity contribution in [3.8, 4) is 78.8 Å². The molecule has 0 aliphatic rings. The number of pyridine rings is 1. The second-order valence-corrected chi connectivity index (χ2v) is 15.8. The van der Waals surface area contributed by atoms with Crippen LogP contribution < -0.4 is 0 Å². The molecule has 63 heavy (non-hydrogen) atoms. The molecule has 9 aromatic carbocycles. The highest BCUT2D eigenvalue weighted by Crippen LogP contribution is 2.44. The summed E-state index contributed by atoms with van der Waals surface area (Å²) in [5.74, 6) is 1.82. The molecule has 0 saturated heterocycles. The minimum absolute atomic E-state index is 0.597. The van der Waals surface area contributed by atoms with Gasteiger partial charge in [0, 0.05) is 27.6 Å². The summed E-state index contributed by atoms with van der Waals surface area (Å²) in [5.41, 5.74) is 13.9. The molecule has 12 rings (SSSR count). The van der Waals surface area contributed by atoms with E-state index in [0.29, 0.717) is 17.5 Å². The molecule has 0 saturated carbocycles. The molecule has 3 heterocycles. The van der Waals surface area contributed by atoms with Gasteiger partial charge in [-0.05, 0) is 56.3 Å². The summed E-state index contributed by atoms with van der Waals surface area (Å²) in [5, 5.41) is 5.36. The van der Waals surface area contributed by atoms with E-state index in [1.807, 2.05) is 24.3 Å². The first-order chi connectivity index (χ1) is 31.2. The molecule has 0 N–H and O–H groups in total. The van der Waals surface area contributed by atoms with Gasteiger partial charge in [-0.25, -0.2) is 19.9 Å². The van der Waals surface area contributed by atoms with Gasteiger partial charge in [0.05, 0.1) is 22.0 Å². The van der Waals surface area contributed by atoms with Gasteiger partial charge in [-0.2, -0.15) is 0 Å². The highest BCUT2D eigenvalue weighted by atomic mass is 16.3. The summed E-state index contributed by atoms with van der Waals surface area (Å²) in [6.07, 6.45) is 0. The zero-order valence-electron chi connectivity index (χ0n) is 34.0. The van der Waals surface area contributed by atoms with Crippen LogP contribution in [0.3, 0.4) is 0 Å². The molecule has 3 aromatic heterocycles. The molecule has 0 spiro atoms. The smallest absolute Gasteiger partial charge is 0.164 e. The van der Waals surface area contributed by atoms with Gasteiger partial charge in [0.2, 0.25) is 0 Å². The number of hydrogen-bond acceptors (Lipinski definition) is 5. The molecule has 5 heteroatoms. The summed E-state index contributed by atoms with van der Waals surface area (Å²) in [6.45, 7) is 0. The lowest BCUT2D eigenvalue weighted by Crippen LogP contribution is -2.00. The van der Waals surface area contributed by atoms with Gasteiger partial charge in [-0.3, -0.25) is 0 Å². The van der Waals surface area contributed by atoms with Crippen LogP contribution >= 0.6 is 0 Å². The number of benzene rings is 9. The lowest BCUT2D eigenvalue weighted by atomic mass is 9.94. The summed E-state index contributed by atoms with van der Waals surface area (Å²) in [6, 6.07) is 75.6. The predicted molar refractivity (Wildman–Crippen MR) is 258 cm³/mol. The van der Waals surface area contributed by atoms with Crippen LogP contribution in [0.2, 0.25) is 0 Å². The topological polar surface area (TPSA) is 64.7 Å². The van der Waals surface area contributed by atoms with Gasteiger partial charge in [0.1, 0.15) is 11.2 Å². The molecule has 0 aliphatic heterocycles. The quantitative estimate of drug-likeness (QED) is 0.161. The molecule has 0 fully saturated rings. The Kier molecular flexibility index (Phi) is 8.75. The van der Waals surface area contributed by atoms with Gasteiger partial charge >= 0.3 is 0 Å². The zero-order chi connectivity index (χ0) is 41.7. The standard InChI is InChI=1S/C58H36N4O/c1-3-13-37(14-4-1)39-25-31-43(32-26-39)56-60-57(44-33-27-40(28-34-44)38-15-5-2-6-16-38)62-58(61-56)45-35-29-42(30-36-45)47-21-12-23-50-52(47)55-53(49-20-9-10-24-51(49)63-55)54(59-50)48-22-11-18-41-17-7-8-19-46(41)48/h1-36H. The molecule has 0 bridgehead atoms. The van der Waals surface area contributed by atoms with Crippen molar-refractivity contribution in [2.45, 2.75) is 0 Å². The Bertz CT molecular complexity index is 3530. The fraction of sp³-hybridized carbons (Fsp3) is 0. The molecule has 0 radical (unpaired) electrons. The van der Waals surface area contributed by atoms with Crippen molar-refractivity contribution in [3.05, 3.63) is 218 Å². The van der Waals surface area contributed by atoms with Crippen LogP contribution in [0.4, 0.5) is 0 Å². The van der Waals surface area contributed by atoms with Gasteiger partial charge < -0.3 is 4.42 Å². The van der Waals surface area contributed by atoms with Gasteiger partial charge in [-0.1, -0.05) is 206 Å². The van der Waals surface area contributed by atoms with Crippen molar-refractivity contribution in [1.82, 2.24) is 19.9 Å². The number of fused-ring (bicyclic) bond motifs is 6. The fourth-order valence-electron chi connectivity index (χ4n) is 8.82. The predicted octanol–water partition coefficient (Wildman–Crippen LogP) is 15.1. The largest absolute Gasteiger partial charge is 0.455 e. The lowest BCUT2D eigenvalue weighted by Gasteiger charge is -2.13. The second kappa shape index (κ2) is 15.2. The Hall–Kier alpha value is -8.54. The van der Waals surface area contributed by atoms with Crippen molar-refractivity contribution in [1.29, 1.82) is 0 Å². The average molecular weight is 805 g/mol. The third kappa shape index (κ3) is 6.51. The Labute approximate surface area is 363 Å². The van der Waals surface area contributed by atoms with Gasteiger partial charge in [-0.15, -0.1) is 0 Å². The number of aromatic nitrogens is 4. The molecule has 5 nitrogen and oxygen atoms in total. The highest BCUT2D eigenvalue weighted by molar-refractivity contribution is 6.23. The molecular weight excluding hydrogens is 769 g/mol. The molecule has 0 atom stereocenters. The number of nitrogens with zero attached hydrogens (tertiary/aromatic N) is 4. The summed E-state index contributed by atoms with van der Waals surface area (Å²) < 4.78 is 6.80. The maximum atomic E-state index is 6.80. The SMILES string of the molecule is c1ccc(-c2ccc(-c3nc(-c4ccc(-c5ccccc5)cc4)nc(-c4ccc(-c5cccc6nc(-c7cccc8ccccc78)c7c8ccccc8oc7c56)cc4)n3)cc2)cc1. The molecular formula is C58H36N4O. The van der Waals surface area contributed by atoms with Crippen molar-refractivity contribution in [2.75, 3.05) is 0 Å². The normalized spacial score (nSPS) is 11.5. The fourth-order valence-corrected chi connectivity index (χ4v) is 8.82. The van der Waals surface area contributed by atoms with E-state index in [9.17, 15) is 0 Å². The van der Waals surface area contributed by atoms with Crippen molar-refractivity contribution < 1.29 is 4.42 Å². The van der Waals surface area contributed by atoms with Crippen LogP contribution in [0.15, 0.2) is 223 Å². The van der Waals surface area contributed by atoms with Crippen molar-refractivity contribution in [2.24, 2.45) is 0 Å². The number of hydrogen-bond donors (Lipinski definition) is 0. The summed E-state index contributed by atoms with van der Waals surface area (Å²) >= 11 is 0. The third-order valence-corrected chi connectivity index (χ3v) is 12.0. The van der Waals surface area contributed by atoms with E-state index >= 15 is 0 Å². The summed E-state index contributed by atoms with van der Waals surface area (Å²) in [7, 11) is 0. The maximum absolute atomic E-state index is 6.80. The van der Waals surface area contributed by atoms with Crippen LogP contribution in [0.5, 0.6) is 0 Å². The van der Waals surface area contributed by atoms with Gasteiger partial charge in [0.15, 0.2) is 17.5 Å². The molecule has 0 aliphatic carbocycles. The lowest BCUT2D eigenvalue weighted by molar-refractivity contribution is 0.672. The Morgan fingerprint density at radius 1 is 0.286 bits per heavy atom. The van der Waals surface area contributed by atoms with E-state index in [0.717, 1.165) is 99.6 Å². The molecule has 12 aromatic rings.